The van der Waals surface area contributed by atoms with Crippen molar-refractivity contribution in [1.29, 1.82) is 0 Å². The normalized spacial score (nSPS) is 15.5. The van der Waals surface area contributed by atoms with Gasteiger partial charge in [-0.05, 0) is 37.0 Å². The third kappa shape index (κ3) is 5.46. The number of rotatable bonds is 5. The van der Waals surface area contributed by atoms with Crippen LogP contribution >= 0.6 is 0 Å². The van der Waals surface area contributed by atoms with Crippen molar-refractivity contribution in [2.45, 2.75) is 31.4 Å². The second-order valence-corrected chi connectivity index (χ2v) is 6.33. The van der Waals surface area contributed by atoms with Crippen LogP contribution in [0.15, 0.2) is 34.9 Å². The molecule has 1 aromatic carbocycles. The Morgan fingerprint density at radius 2 is 1.89 bits per heavy atom. The fourth-order valence-electron chi connectivity index (χ4n) is 2.86. The predicted octanol–water partition coefficient (Wildman–Crippen LogP) is 3.95. The summed E-state index contributed by atoms with van der Waals surface area (Å²) in [6.45, 7) is 1.64. The van der Waals surface area contributed by atoms with Crippen molar-refractivity contribution in [2.24, 2.45) is 0 Å². The van der Waals surface area contributed by atoms with Crippen LogP contribution in [0.4, 0.5) is 23.8 Å². The van der Waals surface area contributed by atoms with Crippen LogP contribution in [0.2, 0.25) is 0 Å². The molecule has 1 fully saturated rings. The Labute approximate surface area is 154 Å². The second kappa shape index (κ2) is 8.43. The highest BCUT2D eigenvalue weighted by atomic mass is 19.4. The van der Waals surface area contributed by atoms with Crippen LogP contribution in [0.3, 0.4) is 0 Å². The fourth-order valence-corrected chi connectivity index (χ4v) is 2.86. The zero-order valence-corrected chi connectivity index (χ0v) is 14.5. The lowest BCUT2D eigenvalue weighted by Gasteiger charge is -2.18. The number of carbonyl (C=O) groups excluding carboxylic acids is 1. The Morgan fingerprint density at radius 3 is 2.56 bits per heavy atom. The quantitative estimate of drug-likeness (QED) is 0.820. The van der Waals surface area contributed by atoms with Gasteiger partial charge in [0.05, 0.1) is 5.56 Å². The van der Waals surface area contributed by atoms with Crippen LogP contribution in [0.1, 0.15) is 35.6 Å². The molecule has 1 saturated heterocycles. The van der Waals surface area contributed by atoms with E-state index >= 15 is 0 Å². The van der Waals surface area contributed by atoms with Gasteiger partial charge >= 0.3 is 12.2 Å². The number of nitrogens with one attached hydrogen (secondary N) is 2. The first kappa shape index (κ1) is 19.2. The standard InChI is InChI=1S/C18H20F3N3O3/c19-18(20,21)14-3-1-12(2-4-14)5-8-22-17(25)23-16-11-15(27-24-16)13-6-9-26-10-7-13/h1-4,11,13H,5-10H2,(H2,22,23,24,25). The van der Waals surface area contributed by atoms with Gasteiger partial charge in [-0.25, -0.2) is 4.79 Å². The molecule has 2 N–H and O–H groups in total. The number of nitrogens with zero attached hydrogens (tertiary/aromatic N) is 1. The number of carbonyl (C=O) groups is 1. The van der Waals surface area contributed by atoms with E-state index in [-0.39, 0.29) is 12.5 Å². The molecule has 146 valence electrons. The summed E-state index contributed by atoms with van der Waals surface area (Å²) in [5, 5.41) is 9.06. The number of ether oxygens (including phenoxy) is 1. The Bertz CT molecular complexity index is 753. The van der Waals surface area contributed by atoms with E-state index in [1.165, 1.54) is 12.1 Å². The molecular weight excluding hydrogens is 363 g/mol. The smallest absolute Gasteiger partial charge is 0.381 e. The maximum atomic E-state index is 12.5. The van der Waals surface area contributed by atoms with Gasteiger partial charge in [0.25, 0.3) is 0 Å². The Morgan fingerprint density at radius 1 is 1.19 bits per heavy atom. The van der Waals surface area contributed by atoms with Crippen LogP contribution < -0.4 is 10.6 Å². The number of hydrogen-bond donors (Lipinski definition) is 2. The van der Waals surface area contributed by atoms with Crippen LogP contribution in [-0.2, 0) is 17.3 Å². The number of halogens is 3. The van der Waals surface area contributed by atoms with E-state index in [0.717, 1.165) is 30.7 Å². The number of hydrogen-bond acceptors (Lipinski definition) is 4. The van der Waals surface area contributed by atoms with Gasteiger partial charge < -0.3 is 14.6 Å². The molecule has 1 aliphatic heterocycles. The highest BCUT2D eigenvalue weighted by Gasteiger charge is 2.29. The van der Waals surface area contributed by atoms with Gasteiger partial charge in [-0.15, -0.1) is 0 Å². The lowest BCUT2D eigenvalue weighted by molar-refractivity contribution is -0.137. The number of alkyl halides is 3. The summed E-state index contributed by atoms with van der Waals surface area (Å²) in [6, 6.07) is 6.12. The first-order valence-corrected chi connectivity index (χ1v) is 8.67. The largest absolute Gasteiger partial charge is 0.416 e. The highest BCUT2D eigenvalue weighted by Crippen LogP contribution is 2.29. The minimum Gasteiger partial charge on any atom is -0.381 e. The topological polar surface area (TPSA) is 76.4 Å². The van der Waals surface area contributed by atoms with E-state index in [9.17, 15) is 18.0 Å². The van der Waals surface area contributed by atoms with Gasteiger partial charge in [0.1, 0.15) is 5.76 Å². The van der Waals surface area contributed by atoms with E-state index in [1.807, 2.05) is 0 Å². The van der Waals surface area contributed by atoms with Crippen LogP contribution in [0, 0.1) is 0 Å². The van der Waals surface area contributed by atoms with E-state index in [0.29, 0.717) is 31.0 Å². The number of aromatic nitrogens is 1. The van der Waals surface area contributed by atoms with Crippen LogP contribution in [0.25, 0.3) is 0 Å². The fraction of sp³-hybridized carbons (Fsp3) is 0.444. The first-order valence-electron chi connectivity index (χ1n) is 8.67. The second-order valence-electron chi connectivity index (χ2n) is 6.33. The summed E-state index contributed by atoms with van der Waals surface area (Å²) < 4.78 is 48.1. The molecule has 1 aromatic heterocycles. The molecule has 27 heavy (non-hydrogen) atoms. The van der Waals surface area contributed by atoms with E-state index in [4.69, 9.17) is 9.26 Å². The number of urea groups is 1. The van der Waals surface area contributed by atoms with Gasteiger partial charge in [0.15, 0.2) is 5.82 Å². The lowest BCUT2D eigenvalue weighted by Crippen LogP contribution is -2.30. The van der Waals surface area contributed by atoms with Crippen molar-refractivity contribution in [2.75, 3.05) is 25.1 Å². The van der Waals surface area contributed by atoms with E-state index < -0.39 is 17.8 Å². The summed E-state index contributed by atoms with van der Waals surface area (Å²) in [6.07, 6.45) is -2.22. The molecule has 0 spiro atoms. The maximum Gasteiger partial charge on any atom is 0.416 e. The van der Waals surface area contributed by atoms with Crippen molar-refractivity contribution in [3.05, 3.63) is 47.2 Å². The average Bonchev–Trinajstić information content (AvgIpc) is 3.10. The molecule has 2 aromatic rings. The number of amides is 2. The molecule has 1 aliphatic rings. The minimum atomic E-state index is -4.35. The molecule has 6 nitrogen and oxygen atoms in total. The minimum absolute atomic E-state index is 0.240. The highest BCUT2D eigenvalue weighted by molar-refractivity contribution is 5.88. The summed E-state index contributed by atoms with van der Waals surface area (Å²) in [4.78, 5) is 11.9. The molecule has 3 rings (SSSR count). The Kier molecular flexibility index (Phi) is 6.00. The van der Waals surface area contributed by atoms with Crippen LogP contribution in [-0.4, -0.2) is 30.9 Å². The Balaban J connectivity index is 1.43. The molecule has 0 aliphatic carbocycles. The summed E-state index contributed by atoms with van der Waals surface area (Å²) in [5.74, 6) is 1.28. The zero-order valence-electron chi connectivity index (χ0n) is 14.5. The number of anilines is 1. The third-order valence-electron chi connectivity index (χ3n) is 4.37. The maximum absolute atomic E-state index is 12.5. The van der Waals surface area contributed by atoms with Crippen molar-refractivity contribution in [3.8, 4) is 0 Å². The van der Waals surface area contributed by atoms with Crippen LogP contribution in [0.5, 0.6) is 0 Å². The predicted molar refractivity (Wildman–Crippen MR) is 91.5 cm³/mol. The summed E-state index contributed by atoms with van der Waals surface area (Å²) in [7, 11) is 0. The van der Waals surface area contributed by atoms with Crippen molar-refractivity contribution in [1.82, 2.24) is 10.5 Å². The number of benzene rings is 1. The average molecular weight is 383 g/mol. The first-order chi connectivity index (χ1) is 12.9. The molecule has 2 amide bonds. The lowest BCUT2D eigenvalue weighted by atomic mass is 9.98. The van der Waals surface area contributed by atoms with Gasteiger partial charge in [-0.3, -0.25) is 5.32 Å². The molecule has 0 unspecified atom stereocenters. The van der Waals surface area contributed by atoms with Crippen molar-refractivity contribution in [3.63, 3.8) is 0 Å². The zero-order chi connectivity index (χ0) is 19.3. The van der Waals surface area contributed by atoms with Gasteiger partial charge in [-0.1, -0.05) is 17.3 Å². The molecule has 0 saturated carbocycles. The molecule has 0 radical (unpaired) electrons. The van der Waals surface area contributed by atoms with Crippen molar-refractivity contribution >= 4 is 11.8 Å². The third-order valence-corrected chi connectivity index (χ3v) is 4.37. The molecule has 2 heterocycles. The van der Waals surface area contributed by atoms with Gasteiger partial charge in [0, 0.05) is 31.7 Å². The van der Waals surface area contributed by atoms with Gasteiger partial charge in [-0.2, -0.15) is 13.2 Å². The van der Waals surface area contributed by atoms with E-state index in [1.54, 1.807) is 6.07 Å². The van der Waals surface area contributed by atoms with E-state index in [2.05, 4.69) is 15.8 Å². The summed E-state index contributed by atoms with van der Waals surface area (Å²) in [5.41, 5.74) is 0.00913. The SMILES string of the molecule is O=C(NCCc1ccc(C(F)(F)F)cc1)Nc1cc(C2CCOCC2)on1. The Hall–Kier alpha value is -2.55. The molecule has 9 heteroatoms. The molecule has 0 bridgehead atoms. The van der Waals surface area contributed by atoms with Crippen molar-refractivity contribution < 1.29 is 27.2 Å². The monoisotopic (exact) mass is 383 g/mol. The summed E-state index contributed by atoms with van der Waals surface area (Å²) >= 11 is 0. The molecular formula is C18H20F3N3O3. The molecule has 0 atom stereocenters. The van der Waals surface area contributed by atoms with Gasteiger partial charge in [0.2, 0.25) is 0 Å².